The summed E-state index contributed by atoms with van der Waals surface area (Å²) in [5.74, 6) is -0.0299. The summed E-state index contributed by atoms with van der Waals surface area (Å²) < 4.78 is 33.0. The Balaban J connectivity index is 2.09. The van der Waals surface area contributed by atoms with Crippen LogP contribution in [0.25, 0.3) is 4.96 Å². The zero-order chi connectivity index (χ0) is 13.6. The topological polar surface area (TPSA) is 116 Å². The summed E-state index contributed by atoms with van der Waals surface area (Å²) >= 11 is 1.29. The maximum absolute atomic E-state index is 12.3. The average Bonchev–Trinajstić information content (AvgIpc) is 2.93. The number of sulfonamides is 1. The maximum Gasteiger partial charge on any atom is 0.284 e. The molecule has 0 unspecified atom stereocenters. The van der Waals surface area contributed by atoms with Gasteiger partial charge in [-0.15, -0.1) is 11.3 Å². The van der Waals surface area contributed by atoms with Crippen molar-refractivity contribution in [3.8, 4) is 0 Å². The van der Waals surface area contributed by atoms with Crippen LogP contribution in [0.3, 0.4) is 0 Å². The van der Waals surface area contributed by atoms with Crippen LogP contribution in [-0.2, 0) is 10.0 Å². The zero-order valence-corrected chi connectivity index (χ0v) is 11.3. The second kappa shape index (κ2) is 3.96. The fourth-order valence-corrected chi connectivity index (χ4v) is 3.61. The number of imidazole rings is 1. The van der Waals surface area contributed by atoms with E-state index in [1.165, 1.54) is 21.8 Å². The molecule has 0 saturated heterocycles. The van der Waals surface area contributed by atoms with E-state index in [2.05, 4.69) is 14.9 Å². The molecule has 0 aliphatic rings. The van der Waals surface area contributed by atoms with E-state index in [9.17, 15) is 8.42 Å². The molecule has 100 valence electrons. The molecule has 0 atom stereocenters. The van der Waals surface area contributed by atoms with Crippen LogP contribution in [0.5, 0.6) is 0 Å². The number of nitrogens with one attached hydrogen (secondary N) is 1. The number of fused-ring (bicyclic) bond motifs is 1. The highest BCUT2D eigenvalue weighted by Crippen LogP contribution is 2.25. The molecule has 0 aliphatic carbocycles. The van der Waals surface area contributed by atoms with Crippen molar-refractivity contribution in [2.24, 2.45) is 0 Å². The Kier molecular flexibility index (Phi) is 2.50. The van der Waals surface area contributed by atoms with Crippen molar-refractivity contribution >= 4 is 38.0 Å². The van der Waals surface area contributed by atoms with Crippen LogP contribution in [0.4, 0.5) is 11.7 Å². The molecular formula is C9H9N5O3S2. The fraction of sp³-hybridized carbons (Fsp3) is 0.111. The van der Waals surface area contributed by atoms with Crippen molar-refractivity contribution in [2.75, 3.05) is 10.5 Å². The minimum Gasteiger partial charge on any atom is -0.381 e. The number of hydrogen-bond donors (Lipinski definition) is 2. The Hall–Kier alpha value is -2.07. The third-order valence-corrected chi connectivity index (χ3v) is 4.50. The highest BCUT2D eigenvalue weighted by atomic mass is 32.2. The van der Waals surface area contributed by atoms with Gasteiger partial charge in [0.25, 0.3) is 10.0 Å². The van der Waals surface area contributed by atoms with Crippen LogP contribution in [0.1, 0.15) is 5.69 Å². The summed E-state index contributed by atoms with van der Waals surface area (Å²) in [5.41, 5.74) is 6.22. The number of hydrogen-bond acceptors (Lipinski definition) is 7. The first-order chi connectivity index (χ1) is 8.97. The Bertz CT molecular complexity index is 844. The van der Waals surface area contributed by atoms with Crippen molar-refractivity contribution in [1.29, 1.82) is 0 Å². The third-order valence-electron chi connectivity index (χ3n) is 2.36. The number of aromatic nitrogens is 3. The molecule has 0 saturated carbocycles. The minimum atomic E-state index is -3.89. The highest BCUT2D eigenvalue weighted by molar-refractivity contribution is 7.92. The van der Waals surface area contributed by atoms with Crippen LogP contribution >= 0.6 is 11.3 Å². The van der Waals surface area contributed by atoms with Crippen molar-refractivity contribution in [2.45, 2.75) is 11.9 Å². The second-order valence-electron chi connectivity index (χ2n) is 3.80. The summed E-state index contributed by atoms with van der Waals surface area (Å²) in [6.07, 6.45) is 1.59. The maximum atomic E-state index is 12.3. The zero-order valence-electron chi connectivity index (χ0n) is 9.69. The molecule has 0 fully saturated rings. The van der Waals surface area contributed by atoms with Gasteiger partial charge in [-0.1, -0.05) is 5.16 Å². The quantitative estimate of drug-likeness (QED) is 0.747. The van der Waals surface area contributed by atoms with Crippen LogP contribution in [0, 0.1) is 6.92 Å². The van der Waals surface area contributed by atoms with Gasteiger partial charge in [0, 0.05) is 17.6 Å². The lowest BCUT2D eigenvalue weighted by atomic mass is 10.5. The lowest BCUT2D eigenvalue weighted by Gasteiger charge is -2.03. The average molecular weight is 299 g/mol. The first kappa shape index (κ1) is 12.0. The van der Waals surface area contributed by atoms with E-state index in [0.717, 1.165) is 0 Å². The van der Waals surface area contributed by atoms with E-state index in [4.69, 9.17) is 10.3 Å². The number of rotatable bonds is 3. The van der Waals surface area contributed by atoms with Gasteiger partial charge < -0.3 is 10.3 Å². The predicted molar refractivity (Wildman–Crippen MR) is 69.5 cm³/mol. The Morgan fingerprint density at radius 2 is 2.32 bits per heavy atom. The second-order valence-corrected chi connectivity index (χ2v) is 6.27. The number of nitrogens with two attached hydrogens (primary N) is 1. The Morgan fingerprint density at radius 3 is 3.00 bits per heavy atom. The highest BCUT2D eigenvalue weighted by Gasteiger charge is 2.25. The van der Waals surface area contributed by atoms with Crippen molar-refractivity contribution < 1.29 is 12.9 Å². The first-order valence-corrected chi connectivity index (χ1v) is 7.51. The lowest BCUT2D eigenvalue weighted by Crippen LogP contribution is -2.16. The van der Waals surface area contributed by atoms with Gasteiger partial charge >= 0.3 is 0 Å². The van der Waals surface area contributed by atoms with E-state index in [1.807, 2.05) is 0 Å². The Morgan fingerprint density at radius 1 is 1.53 bits per heavy atom. The molecule has 3 N–H and O–H groups in total. The predicted octanol–water partition coefficient (Wildman–Crippen LogP) is 1.08. The van der Waals surface area contributed by atoms with Crippen LogP contribution < -0.4 is 10.5 Å². The van der Waals surface area contributed by atoms with Crippen LogP contribution in [-0.4, -0.2) is 23.0 Å². The summed E-state index contributed by atoms with van der Waals surface area (Å²) in [6.45, 7) is 1.69. The summed E-state index contributed by atoms with van der Waals surface area (Å²) in [6, 6.07) is 1.47. The van der Waals surface area contributed by atoms with Gasteiger partial charge in [-0.25, -0.2) is 9.71 Å². The number of nitrogens with zero attached hydrogens (tertiary/aromatic N) is 3. The smallest absolute Gasteiger partial charge is 0.284 e. The molecule has 19 heavy (non-hydrogen) atoms. The monoisotopic (exact) mass is 299 g/mol. The molecule has 3 aromatic rings. The lowest BCUT2D eigenvalue weighted by molar-refractivity contribution is 0.430. The number of aryl methyl sites for hydroxylation is 1. The molecule has 0 radical (unpaired) electrons. The minimum absolute atomic E-state index is 0.0297. The molecule has 0 aliphatic heterocycles. The number of nitrogen functional groups attached to an aromatic ring is 1. The molecule has 0 amide bonds. The van der Waals surface area contributed by atoms with Gasteiger partial charge in [0.2, 0.25) is 10.9 Å². The number of thiazole rings is 1. The molecule has 10 heteroatoms. The van der Waals surface area contributed by atoms with E-state index < -0.39 is 10.0 Å². The first-order valence-electron chi connectivity index (χ1n) is 5.14. The third kappa shape index (κ3) is 1.94. The largest absolute Gasteiger partial charge is 0.381 e. The molecule has 3 heterocycles. The Labute approximate surface area is 111 Å². The molecule has 0 spiro atoms. The molecule has 8 nitrogen and oxygen atoms in total. The molecule has 0 bridgehead atoms. The van der Waals surface area contributed by atoms with Crippen LogP contribution in [0.15, 0.2) is 27.2 Å². The SMILES string of the molecule is Cc1cc(NS(=O)(=O)c2c(N)nc3sccn23)on1. The van der Waals surface area contributed by atoms with E-state index in [0.29, 0.717) is 10.7 Å². The molecule has 0 aromatic carbocycles. The summed E-state index contributed by atoms with van der Waals surface area (Å²) in [5, 5.41) is 5.21. The van der Waals surface area contributed by atoms with E-state index in [-0.39, 0.29) is 16.7 Å². The van der Waals surface area contributed by atoms with E-state index >= 15 is 0 Å². The fourth-order valence-electron chi connectivity index (χ4n) is 1.64. The van der Waals surface area contributed by atoms with Gasteiger partial charge in [0.05, 0.1) is 5.69 Å². The van der Waals surface area contributed by atoms with Gasteiger partial charge in [-0.05, 0) is 6.92 Å². The van der Waals surface area contributed by atoms with Crippen molar-refractivity contribution in [3.63, 3.8) is 0 Å². The molecule has 3 rings (SSSR count). The van der Waals surface area contributed by atoms with Crippen molar-refractivity contribution in [1.82, 2.24) is 14.5 Å². The normalized spacial score (nSPS) is 12.1. The van der Waals surface area contributed by atoms with Gasteiger partial charge in [-0.2, -0.15) is 8.42 Å². The van der Waals surface area contributed by atoms with Gasteiger partial charge in [0.1, 0.15) is 0 Å². The van der Waals surface area contributed by atoms with Gasteiger partial charge in [0.15, 0.2) is 10.8 Å². The van der Waals surface area contributed by atoms with E-state index in [1.54, 1.807) is 18.5 Å². The molecular weight excluding hydrogens is 290 g/mol. The molecule has 3 aromatic heterocycles. The van der Waals surface area contributed by atoms with Crippen LogP contribution in [0.2, 0.25) is 0 Å². The van der Waals surface area contributed by atoms with Gasteiger partial charge in [-0.3, -0.25) is 4.40 Å². The summed E-state index contributed by atoms with van der Waals surface area (Å²) in [7, 11) is -3.89. The number of anilines is 2. The summed E-state index contributed by atoms with van der Waals surface area (Å²) in [4.78, 5) is 4.49. The standard InChI is InChI=1S/C9H9N5O3S2/c1-5-4-6(17-12-5)13-19(15,16)8-7(10)11-9-14(8)2-3-18-9/h2-4,13H,10H2,1H3. The van der Waals surface area contributed by atoms with Crippen molar-refractivity contribution in [3.05, 3.63) is 23.3 Å².